The van der Waals surface area contributed by atoms with Crippen molar-refractivity contribution in [1.29, 1.82) is 0 Å². The summed E-state index contributed by atoms with van der Waals surface area (Å²) in [6, 6.07) is 13.0. The van der Waals surface area contributed by atoms with Crippen molar-refractivity contribution in [2.24, 2.45) is 0 Å². The van der Waals surface area contributed by atoms with Crippen molar-refractivity contribution in [3.63, 3.8) is 0 Å². The molecule has 2 aromatic carbocycles. The first-order chi connectivity index (χ1) is 13.7. The third kappa shape index (κ3) is 5.62. The first-order valence-electron chi connectivity index (χ1n) is 9.34. The van der Waals surface area contributed by atoms with E-state index in [0.29, 0.717) is 25.0 Å². The number of likely N-dealkylation sites (tertiary alicyclic amines) is 1. The Kier molecular flexibility index (Phi) is 6.30. The second-order valence-electron chi connectivity index (χ2n) is 6.87. The van der Waals surface area contributed by atoms with Crippen LogP contribution < -0.4 is 4.74 Å². The highest BCUT2D eigenvalue weighted by Gasteiger charge is 2.40. The molecule has 29 heavy (non-hydrogen) atoms. The van der Waals surface area contributed by atoms with Gasteiger partial charge < -0.3 is 14.4 Å². The van der Waals surface area contributed by atoms with Gasteiger partial charge in [0.25, 0.3) is 0 Å². The number of piperidine rings is 1. The average Bonchev–Trinajstić information content (AvgIpc) is 2.67. The van der Waals surface area contributed by atoms with Crippen LogP contribution in [0.1, 0.15) is 26.2 Å². The molecule has 3 rings (SSSR count). The average molecular weight is 411 g/mol. The van der Waals surface area contributed by atoms with Crippen molar-refractivity contribution in [1.82, 2.24) is 4.90 Å². The molecule has 0 saturated carbocycles. The highest BCUT2D eigenvalue weighted by molar-refractivity contribution is 5.68. The summed E-state index contributed by atoms with van der Waals surface area (Å²) in [5, 5.41) is 0. The summed E-state index contributed by atoms with van der Waals surface area (Å²) in [7, 11) is 0. The van der Waals surface area contributed by atoms with Crippen molar-refractivity contribution in [3.05, 3.63) is 54.3 Å². The zero-order valence-electron chi connectivity index (χ0n) is 15.8. The van der Waals surface area contributed by atoms with Crippen LogP contribution in [0.5, 0.6) is 5.75 Å². The first-order valence-corrected chi connectivity index (χ1v) is 9.34. The molecule has 0 aliphatic carbocycles. The summed E-state index contributed by atoms with van der Waals surface area (Å²) < 4.78 is 59.7. The summed E-state index contributed by atoms with van der Waals surface area (Å²) in [6.45, 7) is 1.92. The van der Waals surface area contributed by atoms with Crippen molar-refractivity contribution >= 4 is 6.09 Å². The number of ether oxygens (including phenoxy) is 2. The zero-order valence-corrected chi connectivity index (χ0v) is 15.8. The molecule has 4 nitrogen and oxygen atoms in total. The molecule has 2 atom stereocenters. The number of alkyl halides is 3. The number of hydrogen-bond acceptors (Lipinski definition) is 3. The van der Waals surface area contributed by atoms with Crippen molar-refractivity contribution < 1.29 is 31.8 Å². The molecule has 0 N–H and O–H groups in total. The lowest BCUT2D eigenvalue weighted by molar-refractivity contribution is -0.295. The molecule has 0 bridgehead atoms. The Morgan fingerprint density at radius 1 is 1.14 bits per heavy atom. The molecule has 1 aliphatic heterocycles. The van der Waals surface area contributed by atoms with Gasteiger partial charge in [-0.25, -0.2) is 9.18 Å². The van der Waals surface area contributed by atoms with Crippen LogP contribution in [0.25, 0.3) is 11.1 Å². The lowest BCUT2D eigenvalue weighted by Crippen LogP contribution is -2.49. The normalized spacial score (nSPS) is 19.7. The molecule has 0 spiro atoms. The van der Waals surface area contributed by atoms with Gasteiger partial charge >= 0.3 is 12.5 Å². The SMILES string of the molecule is CCC1CC(Oc2cccc(-c3ccc(F)cc3)c2)CCN1C(=O)OC(F)(F)F. The van der Waals surface area contributed by atoms with Crippen molar-refractivity contribution in [2.45, 2.75) is 44.7 Å². The lowest BCUT2D eigenvalue weighted by Gasteiger charge is -2.38. The number of amides is 1. The number of carbonyl (C=O) groups excluding carboxylic acids is 1. The molecule has 8 heteroatoms. The molecule has 2 unspecified atom stereocenters. The summed E-state index contributed by atoms with van der Waals surface area (Å²) in [5.41, 5.74) is 1.70. The predicted octanol–water partition coefficient (Wildman–Crippen LogP) is 5.77. The van der Waals surface area contributed by atoms with Crippen LogP contribution in [0.4, 0.5) is 22.4 Å². The summed E-state index contributed by atoms with van der Waals surface area (Å²) in [5.74, 6) is 0.292. The minimum Gasteiger partial charge on any atom is -0.490 e. The number of benzene rings is 2. The zero-order chi connectivity index (χ0) is 21.0. The Labute approximate surface area is 166 Å². The standard InChI is InChI=1S/C21H21F4NO3/c1-2-17-13-19(10-11-26(17)20(27)29-21(23,24)25)28-18-5-3-4-15(12-18)14-6-8-16(22)9-7-14/h3-9,12,17,19H,2,10-11,13H2,1H3. The summed E-state index contributed by atoms with van der Waals surface area (Å²) in [4.78, 5) is 12.9. The van der Waals surface area contributed by atoms with E-state index in [1.807, 2.05) is 18.2 Å². The molecule has 0 radical (unpaired) electrons. The highest BCUT2D eigenvalue weighted by atomic mass is 19.4. The van der Waals surface area contributed by atoms with E-state index in [9.17, 15) is 22.4 Å². The Morgan fingerprint density at radius 3 is 2.52 bits per heavy atom. The van der Waals surface area contributed by atoms with Crippen LogP contribution in [-0.4, -0.2) is 36.0 Å². The molecular formula is C21H21F4NO3. The molecule has 0 aromatic heterocycles. The van der Waals surface area contributed by atoms with Gasteiger partial charge in [-0.05, 0) is 41.8 Å². The molecule has 1 heterocycles. The fourth-order valence-corrected chi connectivity index (χ4v) is 3.49. The number of hydrogen-bond donors (Lipinski definition) is 0. The van der Waals surface area contributed by atoms with Crippen LogP contribution in [0.15, 0.2) is 48.5 Å². The van der Waals surface area contributed by atoms with Gasteiger partial charge in [0.2, 0.25) is 0 Å². The van der Waals surface area contributed by atoms with E-state index in [2.05, 4.69) is 4.74 Å². The second-order valence-corrected chi connectivity index (χ2v) is 6.87. The van der Waals surface area contributed by atoms with E-state index in [0.717, 1.165) is 16.0 Å². The van der Waals surface area contributed by atoms with Gasteiger partial charge in [-0.2, -0.15) is 0 Å². The van der Waals surface area contributed by atoms with E-state index in [4.69, 9.17) is 4.74 Å². The van der Waals surface area contributed by atoms with Crippen LogP contribution in [0.2, 0.25) is 0 Å². The molecule has 1 fully saturated rings. The molecule has 1 amide bonds. The highest BCUT2D eigenvalue weighted by Crippen LogP contribution is 2.29. The van der Waals surface area contributed by atoms with Gasteiger partial charge in [0.15, 0.2) is 0 Å². The van der Waals surface area contributed by atoms with Gasteiger partial charge in [-0.3, -0.25) is 0 Å². The largest absolute Gasteiger partial charge is 0.576 e. The molecule has 156 valence electrons. The minimum absolute atomic E-state index is 0.121. The molecule has 1 aliphatic rings. The molecular weight excluding hydrogens is 390 g/mol. The maximum Gasteiger partial charge on any atom is 0.576 e. The van der Waals surface area contributed by atoms with Gasteiger partial charge in [0.1, 0.15) is 17.7 Å². The second kappa shape index (κ2) is 8.71. The third-order valence-electron chi connectivity index (χ3n) is 4.89. The summed E-state index contributed by atoms with van der Waals surface area (Å²) in [6.07, 6.45) is -5.32. The monoisotopic (exact) mass is 411 g/mol. The van der Waals surface area contributed by atoms with Gasteiger partial charge in [-0.1, -0.05) is 31.2 Å². The summed E-state index contributed by atoms with van der Waals surface area (Å²) >= 11 is 0. The fourth-order valence-electron chi connectivity index (χ4n) is 3.49. The topological polar surface area (TPSA) is 38.8 Å². The maximum atomic E-state index is 13.1. The Morgan fingerprint density at radius 2 is 1.86 bits per heavy atom. The number of nitrogens with zero attached hydrogens (tertiary/aromatic N) is 1. The minimum atomic E-state index is -5.00. The van der Waals surface area contributed by atoms with Crippen LogP contribution in [-0.2, 0) is 4.74 Å². The van der Waals surface area contributed by atoms with Gasteiger partial charge in [0.05, 0.1) is 0 Å². The van der Waals surface area contributed by atoms with E-state index in [-0.39, 0.29) is 18.5 Å². The van der Waals surface area contributed by atoms with E-state index in [1.165, 1.54) is 12.1 Å². The van der Waals surface area contributed by atoms with Crippen molar-refractivity contribution in [3.8, 4) is 16.9 Å². The van der Waals surface area contributed by atoms with E-state index in [1.54, 1.807) is 25.1 Å². The fraction of sp³-hybridized carbons (Fsp3) is 0.381. The number of rotatable bonds is 4. The third-order valence-corrected chi connectivity index (χ3v) is 4.89. The van der Waals surface area contributed by atoms with Crippen LogP contribution in [0, 0.1) is 5.82 Å². The first kappa shape index (κ1) is 21.0. The molecule has 2 aromatic rings. The van der Waals surface area contributed by atoms with Crippen molar-refractivity contribution in [2.75, 3.05) is 6.54 Å². The van der Waals surface area contributed by atoms with E-state index >= 15 is 0 Å². The Hall–Kier alpha value is -2.77. The number of carbonyl (C=O) groups is 1. The Bertz CT molecular complexity index is 839. The van der Waals surface area contributed by atoms with Gasteiger partial charge in [-0.15, -0.1) is 13.2 Å². The predicted molar refractivity (Wildman–Crippen MR) is 98.8 cm³/mol. The van der Waals surface area contributed by atoms with Gasteiger partial charge in [0, 0.05) is 25.4 Å². The smallest absolute Gasteiger partial charge is 0.490 e. The molecule has 1 saturated heterocycles. The maximum absolute atomic E-state index is 13.1. The Balaban J connectivity index is 1.65. The lowest BCUT2D eigenvalue weighted by atomic mass is 9.97. The van der Waals surface area contributed by atoms with Crippen LogP contribution >= 0.6 is 0 Å². The quantitative estimate of drug-likeness (QED) is 0.600. The van der Waals surface area contributed by atoms with Crippen LogP contribution in [0.3, 0.4) is 0 Å². The number of halogens is 4. The van der Waals surface area contributed by atoms with E-state index < -0.39 is 18.5 Å².